The highest BCUT2D eigenvalue weighted by Crippen LogP contribution is 2.26. The Balaban J connectivity index is 2.07. The minimum atomic E-state index is 0.362. The zero-order valence-corrected chi connectivity index (χ0v) is 10.3. The first-order valence-corrected chi connectivity index (χ1v) is 6.31. The van der Waals surface area contributed by atoms with E-state index in [1.807, 2.05) is 12.4 Å². The van der Waals surface area contributed by atoms with Crippen molar-refractivity contribution in [2.45, 2.75) is 26.3 Å². The highest BCUT2D eigenvalue weighted by Gasteiger charge is 2.11. The molecule has 2 aromatic heterocycles. The SMILES string of the molecule is CCCNC(C)c1cnc(-c2ncc[nH]2)s1. The van der Waals surface area contributed by atoms with Crippen LogP contribution in [-0.2, 0) is 0 Å². The van der Waals surface area contributed by atoms with Crippen LogP contribution in [0.5, 0.6) is 0 Å². The molecule has 1 unspecified atom stereocenters. The van der Waals surface area contributed by atoms with E-state index in [4.69, 9.17) is 0 Å². The van der Waals surface area contributed by atoms with Gasteiger partial charge in [-0.25, -0.2) is 9.97 Å². The van der Waals surface area contributed by atoms with E-state index in [-0.39, 0.29) is 0 Å². The molecule has 0 amide bonds. The van der Waals surface area contributed by atoms with Crippen molar-refractivity contribution in [1.29, 1.82) is 0 Å². The fourth-order valence-electron chi connectivity index (χ4n) is 1.44. The number of imidazole rings is 1. The summed E-state index contributed by atoms with van der Waals surface area (Å²) >= 11 is 1.68. The maximum absolute atomic E-state index is 4.37. The summed E-state index contributed by atoms with van der Waals surface area (Å²) in [6.45, 7) is 5.37. The maximum Gasteiger partial charge on any atom is 0.166 e. The molecule has 0 aliphatic carbocycles. The van der Waals surface area contributed by atoms with Crippen molar-refractivity contribution in [3.8, 4) is 10.8 Å². The van der Waals surface area contributed by atoms with Crippen molar-refractivity contribution in [1.82, 2.24) is 20.3 Å². The van der Waals surface area contributed by atoms with Crippen molar-refractivity contribution in [2.75, 3.05) is 6.54 Å². The van der Waals surface area contributed by atoms with Crippen molar-refractivity contribution in [3.63, 3.8) is 0 Å². The Morgan fingerprint density at radius 2 is 2.38 bits per heavy atom. The number of nitrogens with one attached hydrogen (secondary N) is 2. The van der Waals surface area contributed by atoms with Gasteiger partial charge in [0.1, 0.15) is 0 Å². The Morgan fingerprint density at radius 3 is 3.06 bits per heavy atom. The first-order valence-electron chi connectivity index (χ1n) is 5.50. The second kappa shape index (κ2) is 5.23. The normalized spacial score (nSPS) is 12.9. The van der Waals surface area contributed by atoms with E-state index in [1.54, 1.807) is 17.5 Å². The molecule has 0 radical (unpaired) electrons. The minimum absolute atomic E-state index is 0.362. The highest BCUT2D eigenvalue weighted by atomic mass is 32.1. The molecule has 0 spiro atoms. The number of thiazole rings is 1. The summed E-state index contributed by atoms with van der Waals surface area (Å²) in [5.41, 5.74) is 0. The molecule has 2 aromatic rings. The van der Waals surface area contributed by atoms with Crippen LogP contribution < -0.4 is 5.32 Å². The van der Waals surface area contributed by atoms with Gasteiger partial charge in [-0.3, -0.25) is 0 Å². The average Bonchev–Trinajstić information content (AvgIpc) is 2.94. The van der Waals surface area contributed by atoms with Gasteiger partial charge < -0.3 is 10.3 Å². The van der Waals surface area contributed by atoms with E-state index in [0.717, 1.165) is 23.8 Å². The van der Waals surface area contributed by atoms with Crippen molar-refractivity contribution in [2.24, 2.45) is 0 Å². The van der Waals surface area contributed by atoms with Crippen LogP contribution in [0.15, 0.2) is 18.6 Å². The van der Waals surface area contributed by atoms with Gasteiger partial charge in [0.05, 0.1) is 0 Å². The molecule has 0 fully saturated rings. The molecule has 4 nitrogen and oxygen atoms in total. The van der Waals surface area contributed by atoms with Crippen molar-refractivity contribution in [3.05, 3.63) is 23.5 Å². The lowest BCUT2D eigenvalue weighted by Crippen LogP contribution is -2.18. The third kappa shape index (κ3) is 2.48. The van der Waals surface area contributed by atoms with Crippen molar-refractivity contribution >= 4 is 11.3 Å². The predicted octanol–water partition coefficient (Wildman–Crippen LogP) is 2.59. The van der Waals surface area contributed by atoms with Gasteiger partial charge in [-0.2, -0.15) is 0 Å². The zero-order valence-electron chi connectivity index (χ0n) is 9.53. The van der Waals surface area contributed by atoms with Gasteiger partial charge in [-0.05, 0) is 19.9 Å². The van der Waals surface area contributed by atoms with E-state index < -0.39 is 0 Å². The van der Waals surface area contributed by atoms with Crippen LogP contribution >= 0.6 is 11.3 Å². The number of aromatic amines is 1. The molecule has 86 valence electrons. The van der Waals surface area contributed by atoms with Gasteiger partial charge >= 0.3 is 0 Å². The molecule has 0 bridgehead atoms. The van der Waals surface area contributed by atoms with Crippen LogP contribution in [0.3, 0.4) is 0 Å². The highest BCUT2D eigenvalue weighted by molar-refractivity contribution is 7.15. The van der Waals surface area contributed by atoms with Crippen LogP contribution in [-0.4, -0.2) is 21.5 Å². The van der Waals surface area contributed by atoms with Crippen LogP contribution in [0.25, 0.3) is 10.8 Å². The Morgan fingerprint density at radius 1 is 1.50 bits per heavy atom. The molecule has 0 aromatic carbocycles. The van der Waals surface area contributed by atoms with E-state index in [1.165, 1.54) is 4.88 Å². The largest absolute Gasteiger partial charge is 0.343 e. The first-order chi connectivity index (χ1) is 7.81. The van der Waals surface area contributed by atoms with E-state index in [2.05, 4.69) is 34.1 Å². The molecule has 0 aliphatic rings. The topological polar surface area (TPSA) is 53.6 Å². The summed E-state index contributed by atoms with van der Waals surface area (Å²) in [7, 11) is 0. The average molecular weight is 236 g/mol. The lowest BCUT2D eigenvalue weighted by Gasteiger charge is -2.09. The van der Waals surface area contributed by atoms with Crippen molar-refractivity contribution < 1.29 is 0 Å². The molecule has 5 heteroatoms. The molecule has 16 heavy (non-hydrogen) atoms. The summed E-state index contributed by atoms with van der Waals surface area (Å²) in [5, 5.41) is 4.40. The fraction of sp³-hybridized carbons (Fsp3) is 0.455. The third-order valence-corrected chi connectivity index (χ3v) is 3.54. The lowest BCUT2D eigenvalue weighted by atomic mass is 10.3. The van der Waals surface area contributed by atoms with Crippen LogP contribution in [0.4, 0.5) is 0 Å². The zero-order chi connectivity index (χ0) is 11.4. The second-order valence-corrected chi connectivity index (χ2v) is 4.74. The molecule has 2 N–H and O–H groups in total. The summed E-state index contributed by atoms with van der Waals surface area (Å²) in [6.07, 6.45) is 6.63. The molecular weight excluding hydrogens is 220 g/mol. The van der Waals surface area contributed by atoms with Crippen LogP contribution in [0, 0.1) is 0 Å². The molecule has 1 atom stereocenters. The third-order valence-electron chi connectivity index (χ3n) is 2.35. The second-order valence-electron chi connectivity index (χ2n) is 3.68. The molecule has 0 saturated carbocycles. The van der Waals surface area contributed by atoms with Crippen LogP contribution in [0.2, 0.25) is 0 Å². The number of aromatic nitrogens is 3. The number of hydrogen-bond acceptors (Lipinski definition) is 4. The number of H-pyrrole nitrogens is 1. The van der Waals surface area contributed by atoms with Crippen LogP contribution in [0.1, 0.15) is 31.2 Å². The summed E-state index contributed by atoms with van der Waals surface area (Å²) in [6, 6.07) is 0.362. The molecule has 0 saturated heterocycles. The Labute approximate surface area is 99.2 Å². The Bertz CT molecular complexity index is 421. The summed E-state index contributed by atoms with van der Waals surface area (Å²) in [5.74, 6) is 0.846. The van der Waals surface area contributed by atoms with Gasteiger partial charge in [0, 0.05) is 29.5 Å². The van der Waals surface area contributed by atoms with E-state index in [9.17, 15) is 0 Å². The van der Waals surface area contributed by atoms with Gasteiger partial charge in [-0.15, -0.1) is 11.3 Å². The number of rotatable bonds is 5. The van der Waals surface area contributed by atoms with Gasteiger partial charge in [0.2, 0.25) is 0 Å². The van der Waals surface area contributed by atoms with Gasteiger partial charge in [0.25, 0.3) is 0 Å². The van der Waals surface area contributed by atoms with Gasteiger partial charge in [0.15, 0.2) is 10.8 Å². The summed E-state index contributed by atoms with van der Waals surface area (Å²) in [4.78, 5) is 12.9. The fourth-order valence-corrected chi connectivity index (χ4v) is 2.34. The van der Waals surface area contributed by atoms with E-state index >= 15 is 0 Å². The van der Waals surface area contributed by atoms with E-state index in [0.29, 0.717) is 6.04 Å². The number of nitrogens with zero attached hydrogens (tertiary/aromatic N) is 2. The Hall–Kier alpha value is -1.20. The first kappa shape index (κ1) is 11.3. The molecule has 2 rings (SSSR count). The summed E-state index contributed by atoms with van der Waals surface area (Å²) < 4.78 is 0. The Kier molecular flexibility index (Phi) is 3.69. The molecular formula is C11H16N4S. The number of hydrogen-bond donors (Lipinski definition) is 2. The standard InChI is InChI=1S/C11H16N4S/c1-3-4-12-8(2)9-7-15-11(16-9)10-13-5-6-14-10/h5-8,12H,3-4H2,1-2H3,(H,13,14). The monoisotopic (exact) mass is 236 g/mol. The smallest absolute Gasteiger partial charge is 0.166 e. The van der Waals surface area contributed by atoms with Gasteiger partial charge in [-0.1, -0.05) is 6.92 Å². The predicted molar refractivity (Wildman–Crippen MR) is 66.4 cm³/mol. The molecule has 0 aliphatic heterocycles. The molecule has 2 heterocycles. The minimum Gasteiger partial charge on any atom is -0.343 e. The maximum atomic E-state index is 4.37. The quantitative estimate of drug-likeness (QED) is 0.839. The lowest BCUT2D eigenvalue weighted by molar-refractivity contribution is 0.577.